The molecule has 1 fully saturated rings. The maximum Gasteiger partial charge on any atom is 0.104 e. The van der Waals surface area contributed by atoms with Crippen molar-refractivity contribution in [2.45, 2.75) is 32.0 Å². The van der Waals surface area contributed by atoms with Crippen LogP contribution in [-0.2, 0) is 13.1 Å². The van der Waals surface area contributed by atoms with Gasteiger partial charge in [0.1, 0.15) is 6.61 Å². The highest BCUT2D eigenvalue weighted by molar-refractivity contribution is 7.09. The van der Waals surface area contributed by atoms with Crippen molar-refractivity contribution in [1.82, 2.24) is 4.90 Å². The second kappa shape index (κ2) is 6.91. The lowest BCUT2D eigenvalue weighted by atomic mass is 10.1. The lowest BCUT2D eigenvalue weighted by Gasteiger charge is -2.22. The van der Waals surface area contributed by atoms with E-state index < -0.39 is 0 Å². The van der Waals surface area contributed by atoms with Crippen LogP contribution in [0, 0.1) is 11.8 Å². The molecule has 2 aromatic rings. The van der Waals surface area contributed by atoms with Crippen molar-refractivity contribution in [3.8, 4) is 11.8 Å². The lowest BCUT2D eigenvalue weighted by molar-refractivity contribution is 0.248. The molecule has 108 valence electrons. The molecule has 0 unspecified atom stereocenters. The van der Waals surface area contributed by atoms with E-state index >= 15 is 0 Å². The Morgan fingerprint density at radius 2 is 2.00 bits per heavy atom. The SMILES string of the molecule is OCC#Cc1ccccc1CN(Cc1cccs1)C1CC1. The van der Waals surface area contributed by atoms with Crippen LogP contribution in [0.25, 0.3) is 0 Å². The first-order valence-electron chi connectivity index (χ1n) is 7.31. The van der Waals surface area contributed by atoms with Crippen molar-refractivity contribution in [3.63, 3.8) is 0 Å². The molecular formula is C18H19NOS. The van der Waals surface area contributed by atoms with Gasteiger partial charge in [0.2, 0.25) is 0 Å². The molecule has 0 bridgehead atoms. The fourth-order valence-electron chi connectivity index (χ4n) is 2.49. The molecule has 1 heterocycles. The van der Waals surface area contributed by atoms with Gasteiger partial charge >= 0.3 is 0 Å². The summed E-state index contributed by atoms with van der Waals surface area (Å²) in [6.45, 7) is 1.86. The van der Waals surface area contributed by atoms with Crippen molar-refractivity contribution < 1.29 is 5.11 Å². The molecular weight excluding hydrogens is 278 g/mol. The Labute approximate surface area is 130 Å². The Bertz CT molecular complexity index is 635. The summed E-state index contributed by atoms with van der Waals surface area (Å²) in [4.78, 5) is 3.96. The van der Waals surface area contributed by atoms with E-state index in [2.05, 4.69) is 46.4 Å². The number of hydrogen-bond donors (Lipinski definition) is 1. The monoisotopic (exact) mass is 297 g/mol. The Morgan fingerprint density at radius 3 is 2.71 bits per heavy atom. The predicted octanol–water partition coefficient (Wildman–Crippen LogP) is 3.26. The van der Waals surface area contributed by atoms with E-state index in [1.54, 1.807) is 0 Å². The van der Waals surface area contributed by atoms with E-state index in [0.29, 0.717) is 6.04 Å². The third-order valence-electron chi connectivity index (χ3n) is 3.70. The van der Waals surface area contributed by atoms with Gasteiger partial charge < -0.3 is 5.11 Å². The van der Waals surface area contributed by atoms with Gasteiger partial charge in [-0.05, 0) is 35.9 Å². The highest BCUT2D eigenvalue weighted by Gasteiger charge is 2.29. The Hall–Kier alpha value is -1.60. The molecule has 1 aromatic heterocycles. The summed E-state index contributed by atoms with van der Waals surface area (Å²) in [5.74, 6) is 5.82. The maximum atomic E-state index is 8.89. The van der Waals surface area contributed by atoms with Gasteiger partial charge in [-0.25, -0.2) is 0 Å². The standard InChI is InChI=1S/C18H19NOS/c20-11-3-7-15-5-1-2-6-16(15)13-19(17-9-10-17)14-18-8-4-12-21-18/h1-2,4-6,8,12,17,20H,9-11,13-14H2. The largest absolute Gasteiger partial charge is 0.384 e. The number of hydrogen-bond acceptors (Lipinski definition) is 3. The van der Waals surface area contributed by atoms with Crippen LogP contribution in [0.5, 0.6) is 0 Å². The smallest absolute Gasteiger partial charge is 0.104 e. The second-order valence-corrected chi connectivity index (χ2v) is 6.36. The van der Waals surface area contributed by atoms with Gasteiger partial charge in [-0.3, -0.25) is 4.90 Å². The van der Waals surface area contributed by atoms with Gasteiger partial charge in [0.05, 0.1) is 0 Å². The number of aliphatic hydroxyl groups is 1. The number of rotatable bonds is 5. The van der Waals surface area contributed by atoms with Gasteiger partial charge in [0.25, 0.3) is 0 Å². The van der Waals surface area contributed by atoms with E-state index in [0.717, 1.165) is 18.7 Å². The quantitative estimate of drug-likeness (QED) is 0.856. The van der Waals surface area contributed by atoms with Crippen LogP contribution in [0.4, 0.5) is 0 Å². The molecule has 0 aliphatic heterocycles. The third kappa shape index (κ3) is 3.95. The topological polar surface area (TPSA) is 23.5 Å². The van der Waals surface area contributed by atoms with Crippen molar-refractivity contribution >= 4 is 11.3 Å². The van der Waals surface area contributed by atoms with Crippen molar-refractivity contribution in [2.24, 2.45) is 0 Å². The summed E-state index contributed by atoms with van der Waals surface area (Å²) in [7, 11) is 0. The first kappa shape index (κ1) is 14.3. The number of thiophene rings is 1. The normalized spacial score (nSPS) is 14.0. The van der Waals surface area contributed by atoms with Crippen LogP contribution in [0.15, 0.2) is 41.8 Å². The van der Waals surface area contributed by atoms with E-state index in [1.165, 1.54) is 23.3 Å². The summed E-state index contributed by atoms with van der Waals surface area (Å²) in [5, 5.41) is 11.0. The van der Waals surface area contributed by atoms with Crippen LogP contribution in [-0.4, -0.2) is 22.7 Å². The summed E-state index contributed by atoms with van der Waals surface area (Å²) in [6, 6.07) is 13.3. The Kier molecular flexibility index (Phi) is 4.72. The minimum Gasteiger partial charge on any atom is -0.384 e. The molecule has 0 radical (unpaired) electrons. The van der Waals surface area contributed by atoms with Crippen LogP contribution < -0.4 is 0 Å². The third-order valence-corrected chi connectivity index (χ3v) is 4.56. The molecule has 3 heteroatoms. The minimum absolute atomic E-state index is 0.0874. The lowest BCUT2D eigenvalue weighted by Crippen LogP contribution is -2.25. The average molecular weight is 297 g/mol. The van der Waals surface area contributed by atoms with Gasteiger partial charge in [0.15, 0.2) is 0 Å². The molecule has 0 saturated heterocycles. The van der Waals surface area contributed by atoms with Crippen molar-refractivity contribution in [1.29, 1.82) is 0 Å². The Morgan fingerprint density at radius 1 is 1.14 bits per heavy atom. The van der Waals surface area contributed by atoms with Gasteiger partial charge in [0, 0.05) is 29.6 Å². The van der Waals surface area contributed by atoms with Crippen LogP contribution in [0.2, 0.25) is 0 Å². The maximum absolute atomic E-state index is 8.89. The van der Waals surface area contributed by atoms with Gasteiger partial charge in [-0.15, -0.1) is 11.3 Å². The zero-order valence-electron chi connectivity index (χ0n) is 12.0. The first-order chi connectivity index (χ1) is 10.4. The van der Waals surface area contributed by atoms with Crippen LogP contribution in [0.3, 0.4) is 0 Å². The summed E-state index contributed by atoms with van der Waals surface area (Å²) < 4.78 is 0. The molecule has 1 N–H and O–H groups in total. The Balaban J connectivity index is 1.76. The number of nitrogens with zero attached hydrogens (tertiary/aromatic N) is 1. The molecule has 1 saturated carbocycles. The second-order valence-electron chi connectivity index (χ2n) is 5.33. The summed E-state index contributed by atoms with van der Waals surface area (Å²) >= 11 is 1.82. The van der Waals surface area contributed by atoms with Gasteiger partial charge in [-0.1, -0.05) is 36.1 Å². The summed E-state index contributed by atoms with van der Waals surface area (Å²) in [6.07, 6.45) is 2.60. The molecule has 0 spiro atoms. The van der Waals surface area contributed by atoms with E-state index in [-0.39, 0.29) is 6.61 Å². The van der Waals surface area contributed by atoms with E-state index in [1.807, 2.05) is 23.5 Å². The van der Waals surface area contributed by atoms with E-state index in [4.69, 9.17) is 5.11 Å². The molecule has 1 aliphatic rings. The predicted molar refractivity (Wildman–Crippen MR) is 87.0 cm³/mol. The fourth-order valence-corrected chi connectivity index (χ4v) is 3.22. The molecule has 2 nitrogen and oxygen atoms in total. The van der Waals surface area contributed by atoms with E-state index in [9.17, 15) is 0 Å². The number of benzene rings is 1. The molecule has 1 aromatic carbocycles. The highest BCUT2D eigenvalue weighted by atomic mass is 32.1. The molecule has 0 amide bonds. The van der Waals surface area contributed by atoms with Crippen molar-refractivity contribution in [2.75, 3.05) is 6.61 Å². The zero-order valence-corrected chi connectivity index (χ0v) is 12.8. The summed E-state index contributed by atoms with van der Waals surface area (Å²) in [5.41, 5.74) is 2.28. The first-order valence-corrected chi connectivity index (χ1v) is 8.19. The molecule has 0 atom stereocenters. The average Bonchev–Trinajstić information content (AvgIpc) is 3.23. The van der Waals surface area contributed by atoms with Crippen LogP contribution >= 0.6 is 11.3 Å². The molecule has 3 rings (SSSR count). The molecule has 21 heavy (non-hydrogen) atoms. The minimum atomic E-state index is -0.0874. The number of aliphatic hydroxyl groups excluding tert-OH is 1. The zero-order chi connectivity index (χ0) is 14.5. The molecule has 1 aliphatic carbocycles. The van der Waals surface area contributed by atoms with Crippen LogP contribution in [0.1, 0.15) is 28.8 Å². The van der Waals surface area contributed by atoms with Gasteiger partial charge in [-0.2, -0.15) is 0 Å². The van der Waals surface area contributed by atoms with Crippen molar-refractivity contribution in [3.05, 3.63) is 57.8 Å². The fraction of sp³-hybridized carbons (Fsp3) is 0.333. The highest BCUT2D eigenvalue weighted by Crippen LogP contribution is 2.31.